The van der Waals surface area contributed by atoms with E-state index in [1.54, 1.807) is 0 Å². The Bertz CT molecular complexity index is 832. The molecule has 6 nitrogen and oxygen atoms in total. The Balaban J connectivity index is 1.47. The van der Waals surface area contributed by atoms with E-state index in [2.05, 4.69) is 18.0 Å². The summed E-state index contributed by atoms with van der Waals surface area (Å²) in [5.41, 5.74) is 0. The predicted octanol–water partition coefficient (Wildman–Crippen LogP) is 2.65. The fourth-order valence-corrected chi connectivity index (χ4v) is 4.81. The van der Waals surface area contributed by atoms with E-state index in [9.17, 15) is 12.8 Å². The molecule has 0 radical (unpaired) electrons. The molecule has 1 aromatic rings. The third-order valence-corrected chi connectivity index (χ3v) is 7.04. The average Bonchev–Trinajstić information content (AvgIpc) is 2.66. The second-order valence-electron chi connectivity index (χ2n) is 7.99. The predicted molar refractivity (Wildman–Crippen MR) is 104 cm³/mol. The first-order chi connectivity index (χ1) is 13.3. The molecule has 0 amide bonds. The molecule has 0 N–H and O–H groups in total. The molecule has 0 unspecified atom stereocenters. The van der Waals surface area contributed by atoms with Crippen molar-refractivity contribution < 1.29 is 17.5 Å². The molecule has 0 spiro atoms. The van der Waals surface area contributed by atoms with Gasteiger partial charge in [-0.3, -0.25) is 4.90 Å². The number of ether oxygens (including phenoxy) is 1. The smallest absolute Gasteiger partial charge is 0.179 e. The van der Waals surface area contributed by atoms with Crippen molar-refractivity contribution in [3.8, 4) is 11.9 Å². The van der Waals surface area contributed by atoms with Crippen LogP contribution in [0, 0.1) is 23.2 Å². The lowest BCUT2D eigenvalue weighted by atomic mass is 9.85. The summed E-state index contributed by atoms with van der Waals surface area (Å²) in [4.78, 5) is 4.31. The summed E-state index contributed by atoms with van der Waals surface area (Å²) in [5, 5.41) is 9.11. The van der Waals surface area contributed by atoms with Gasteiger partial charge in [-0.2, -0.15) is 5.26 Å². The van der Waals surface area contributed by atoms with Gasteiger partial charge in [0.2, 0.25) is 0 Å². The molecule has 1 saturated heterocycles. The number of hydrogen-bond acceptors (Lipinski definition) is 6. The highest BCUT2D eigenvalue weighted by Crippen LogP contribution is 2.30. The van der Waals surface area contributed by atoms with Gasteiger partial charge in [0.25, 0.3) is 0 Å². The van der Waals surface area contributed by atoms with Crippen molar-refractivity contribution in [3.05, 3.63) is 24.0 Å². The fraction of sp³-hybridized carbons (Fsp3) is 0.650. The Morgan fingerprint density at radius 1 is 1.25 bits per heavy atom. The molecule has 1 aliphatic heterocycles. The van der Waals surface area contributed by atoms with E-state index in [1.165, 1.54) is 12.1 Å². The summed E-state index contributed by atoms with van der Waals surface area (Å²) in [6, 6.07) is 4.60. The van der Waals surface area contributed by atoms with Gasteiger partial charge in [0.15, 0.2) is 27.6 Å². The number of nitriles is 1. The minimum Gasteiger partial charge on any atom is -0.490 e. The molecular weight excluding hydrogens is 381 g/mol. The van der Waals surface area contributed by atoms with Crippen LogP contribution in [0.5, 0.6) is 5.75 Å². The number of benzene rings is 1. The van der Waals surface area contributed by atoms with Gasteiger partial charge in [0.05, 0.1) is 11.5 Å². The van der Waals surface area contributed by atoms with Gasteiger partial charge in [-0.25, -0.2) is 12.8 Å². The largest absolute Gasteiger partial charge is 0.490 e. The summed E-state index contributed by atoms with van der Waals surface area (Å²) in [7, 11) is -3.42. The third-order valence-electron chi connectivity index (χ3n) is 5.93. The quantitative estimate of drug-likeness (QED) is 0.696. The van der Waals surface area contributed by atoms with Crippen LogP contribution in [0.3, 0.4) is 0 Å². The summed E-state index contributed by atoms with van der Waals surface area (Å²) in [5.74, 6) is -0.153. The maximum atomic E-state index is 14.1. The first-order valence-corrected chi connectivity index (χ1v) is 11.7. The van der Waals surface area contributed by atoms with Crippen LogP contribution in [0.4, 0.5) is 4.39 Å². The van der Waals surface area contributed by atoms with Crippen molar-refractivity contribution in [2.45, 2.75) is 49.6 Å². The summed E-state index contributed by atoms with van der Waals surface area (Å²) < 4.78 is 42.7. The molecule has 1 aliphatic carbocycles. The Kier molecular flexibility index (Phi) is 6.46. The monoisotopic (exact) mass is 409 g/mol. The van der Waals surface area contributed by atoms with Crippen LogP contribution in [0.2, 0.25) is 0 Å². The maximum Gasteiger partial charge on any atom is 0.179 e. The SMILES string of the molecule is C[C@H]1CN([C@H]2CC[C@H](COc3ccc(S(C)(=O)=O)cc3F)CC2)CCN1C#N. The maximum absolute atomic E-state index is 14.1. The second-order valence-corrected chi connectivity index (χ2v) is 10.0. The number of piperazine rings is 1. The van der Waals surface area contributed by atoms with Crippen molar-refractivity contribution in [2.75, 3.05) is 32.5 Å². The number of rotatable bonds is 5. The van der Waals surface area contributed by atoms with E-state index in [1.807, 2.05) is 4.90 Å². The number of halogens is 1. The highest BCUT2D eigenvalue weighted by molar-refractivity contribution is 7.90. The molecule has 0 bridgehead atoms. The minimum absolute atomic E-state index is 0.0384. The van der Waals surface area contributed by atoms with E-state index in [-0.39, 0.29) is 16.7 Å². The van der Waals surface area contributed by atoms with Gasteiger partial charge >= 0.3 is 0 Å². The molecule has 154 valence electrons. The highest BCUT2D eigenvalue weighted by Gasteiger charge is 2.31. The van der Waals surface area contributed by atoms with Crippen molar-refractivity contribution in [2.24, 2.45) is 5.92 Å². The number of sulfone groups is 1. The zero-order chi connectivity index (χ0) is 20.3. The molecular formula is C20H28FN3O3S. The standard InChI is InChI=1S/C20H28FN3O3S/c1-15-12-23(9-10-24(15)14-22)17-5-3-16(4-6-17)13-27-20-8-7-18(11-19(20)21)28(2,25)26/h7-8,11,15-17H,3-6,9-10,12-13H2,1-2H3/t15-,16-,17-/m0/s1. The Morgan fingerprint density at radius 3 is 2.54 bits per heavy atom. The van der Waals surface area contributed by atoms with Crippen LogP contribution < -0.4 is 4.74 Å². The summed E-state index contributed by atoms with van der Waals surface area (Å²) in [6.45, 7) is 5.20. The molecule has 0 aromatic heterocycles. The first kappa shape index (κ1) is 20.9. The lowest BCUT2D eigenvalue weighted by Crippen LogP contribution is -2.53. The van der Waals surface area contributed by atoms with Gasteiger partial charge in [-0.05, 0) is 56.7 Å². The van der Waals surface area contributed by atoms with E-state index in [4.69, 9.17) is 10.00 Å². The van der Waals surface area contributed by atoms with E-state index < -0.39 is 15.7 Å². The molecule has 28 heavy (non-hydrogen) atoms. The Hall–Kier alpha value is -1.85. The number of nitrogens with zero attached hydrogens (tertiary/aromatic N) is 3. The van der Waals surface area contributed by atoms with Gasteiger partial charge in [0, 0.05) is 38.0 Å². The van der Waals surface area contributed by atoms with Gasteiger partial charge < -0.3 is 9.64 Å². The van der Waals surface area contributed by atoms with Crippen molar-refractivity contribution >= 4 is 9.84 Å². The summed E-state index contributed by atoms with van der Waals surface area (Å²) >= 11 is 0. The average molecular weight is 410 g/mol. The van der Waals surface area contributed by atoms with Crippen LogP contribution in [0.25, 0.3) is 0 Å². The summed E-state index contributed by atoms with van der Waals surface area (Å²) in [6.07, 6.45) is 7.54. The van der Waals surface area contributed by atoms with Crippen LogP contribution in [-0.4, -0.2) is 62.8 Å². The lowest BCUT2D eigenvalue weighted by Gasteiger charge is -2.43. The molecule has 1 atom stereocenters. The van der Waals surface area contributed by atoms with Crippen LogP contribution in [0.15, 0.2) is 23.1 Å². The fourth-order valence-electron chi connectivity index (χ4n) is 4.18. The molecule has 2 aliphatic rings. The zero-order valence-corrected chi connectivity index (χ0v) is 17.3. The topological polar surface area (TPSA) is 73.6 Å². The Labute approximate surface area is 166 Å². The van der Waals surface area contributed by atoms with Gasteiger partial charge in [-0.1, -0.05) is 0 Å². The minimum atomic E-state index is -3.42. The van der Waals surface area contributed by atoms with Gasteiger partial charge in [-0.15, -0.1) is 0 Å². The van der Waals surface area contributed by atoms with Crippen LogP contribution in [0.1, 0.15) is 32.6 Å². The molecule has 3 rings (SSSR count). The van der Waals surface area contributed by atoms with Crippen LogP contribution >= 0.6 is 0 Å². The highest BCUT2D eigenvalue weighted by atomic mass is 32.2. The van der Waals surface area contributed by atoms with Crippen molar-refractivity contribution in [3.63, 3.8) is 0 Å². The normalized spacial score (nSPS) is 26.6. The lowest BCUT2D eigenvalue weighted by molar-refractivity contribution is 0.0574. The number of hydrogen-bond donors (Lipinski definition) is 0. The van der Waals surface area contributed by atoms with Crippen molar-refractivity contribution in [1.29, 1.82) is 5.26 Å². The van der Waals surface area contributed by atoms with Gasteiger partial charge in [0.1, 0.15) is 0 Å². The van der Waals surface area contributed by atoms with E-state index >= 15 is 0 Å². The molecule has 1 saturated carbocycles. The third kappa shape index (κ3) is 4.95. The van der Waals surface area contributed by atoms with E-state index in [0.29, 0.717) is 18.6 Å². The van der Waals surface area contributed by atoms with E-state index in [0.717, 1.165) is 57.6 Å². The zero-order valence-electron chi connectivity index (χ0n) is 16.5. The van der Waals surface area contributed by atoms with Crippen molar-refractivity contribution in [1.82, 2.24) is 9.80 Å². The molecule has 1 heterocycles. The molecule has 1 aromatic carbocycles. The Morgan fingerprint density at radius 2 is 1.96 bits per heavy atom. The molecule has 8 heteroatoms. The molecule has 2 fully saturated rings. The van der Waals surface area contributed by atoms with Crippen LogP contribution in [-0.2, 0) is 9.84 Å². The second kappa shape index (κ2) is 8.66. The first-order valence-electron chi connectivity index (χ1n) is 9.80.